The van der Waals surface area contributed by atoms with Crippen molar-refractivity contribution in [3.63, 3.8) is 0 Å². The molecule has 14 heavy (non-hydrogen) atoms. The Morgan fingerprint density at radius 3 is 2.64 bits per heavy atom. The van der Waals surface area contributed by atoms with Gasteiger partial charge in [0.25, 0.3) is 0 Å². The third kappa shape index (κ3) is 2.20. The Kier molecular flexibility index (Phi) is 3.41. The zero-order valence-electron chi connectivity index (χ0n) is 8.02. The lowest BCUT2D eigenvalue weighted by molar-refractivity contribution is -0.385. The number of hydrogen-bond donors (Lipinski definition) is 0. The van der Waals surface area contributed by atoms with E-state index in [1.165, 1.54) is 20.3 Å². The van der Waals surface area contributed by atoms with Gasteiger partial charge in [0.15, 0.2) is 5.75 Å². The average molecular weight is 197 g/mol. The number of rotatable bonds is 4. The van der Waals surface area contributed by atoms with Crippen molar-refractivity contribution in [2.75, 3.05) is 14.2 Å². The van der Waals surface area contributed by atoms with Crippen LogP contribution in [0.15, 0.2) is 18.2 Å². The Morgan fingerprint density at radius 2 is 2.14 bits per heavy atom. The molecule has 0 N–H and O–H groups in total. The molecule has 0 bridgehead atoms. The molecular formula is C9H11NO4. The molecule has 0 saturated carbocycles. The van der Waals surface area contributed by atoms with Gasteiger partial charge in [-0.1, -0.05) is 6.07 Å². The van der Waals surface area contributed by atoms with Gasteiger partial charge in [-0.3, -0.25) is 10.1 Å². The fourth-order valence-corrected chi connectivity index (χ4v) is 1.13. The summed E-state index contributed by atoms with van der Waals surface area (Å²) < 4.78 is 9.73. The van der Waals surface area contributed by atoms with Crippen molar-refractivity contribution < 1.29 is 14.4 Å². The van der Waals surface area contributed by atoms with E-state index in [0.717, 1.165) is 5.56 Å². The Balaban J connectivity index is 3.07. The molecule has 0 aliphatic heterocycles. The SMILES string of the molecule is COCc1ccc(OC)c([N+](=O)[O-])c1. The van der Waals surface area contributed by atoms with E-state index < -0.39 is 4.92 Å². The third-order valence-corrected chi connectivity index (χ3v) is 1.75. The first-order valence-corrected chi connectivity index (χ1v) is 3.99. The fourth-order valence-electron chi connectivity index (χ4n) is 1.13. The van der Waals surface area contributed by atoms with Gasteiger partial charge in [0.2, 0.25) is 0 Å². The molecule has 1 aromatic rings. The second-order valence-corrected chi connectivity index (χ2v) is 2.70. The monoisotopic (exact) mass is 197 g/mol. The first-order valence-electron chi connectivity index (χ1n) is 3.99. The maximum atomic E-state index is 10.6. The molecule has 0 saturated heterocycles. The van der Waals surface area contributed by atoms with Crippen LogP contribution in [0.5, 0.6) is 5.75 Å². The van der Waals surface area contributed by atoms with E-state index in [2.05, 4.69) is 0 Å². The van der Waals surface area contributed by atoms with Gasteiger partial charge >= 0.3 is 5.69 Å². The fraction of sp³-hybridized carbons (Fsp3) is 0.333. The molecule has 0 fully saturated rings. The lowest BCUT2D eigenvalue weighted by atomic mass is 10.2. The van der Waals surface area contributed by atoms with Crippen molar-refractivity contribution >= 4 is 5.69 Å². The number of nitrogens with zero attached hydrogens (tertiary/aromatic N) is 1. The summed E-state index contributed by atoms with van der Waals surface area (Å²) in [5.41, 5.74) is 0.710. The maximum absolute atomic E-state index is 10.6. The Hall–Kier alpha value is -1.62. The average Bonchev–Trinajstić information content (AvgIpc) is 2.18. The summed E-state index contributed by atoms with van der Waals surface area (Å²) in [7, 11) is 2.94. The highest BCUT2D eigenvalue weighted by molar-refractivity contribution is 5.48. The molecule has 1 rings (SSSR count). The predicted molar refractivity (Wildman–Crippen MR) is 50.4 cm³/mol. The van der Waals surface area contributed by atoms with Crippen LogP contribution in [0.1, 0.15) is 5.56 Å². The van der Waals surface area contributed by atoms with Crippen LogP contribution in [0, 0.1) is 10.1 Å². The van der Waals surface area contributed by atoms with E-state index in [-0.39, 0.29) is 11.4 Å². The van der Waals surface area contributed by atoms with Gasteiger partial charge < -0.3 is 9.47 Å². The van der Waals surface area contributed by atoms with Gasteiger partial charge in [0, 0.05) is 13.2 Å². The lowest BCUT2D eigenvalue weighted by Gasteiger charge is -2.03. The van der Waals surface area contributed by atoms with Crippen LogP contribution in [0.3, 0.4) is 0 Å². The molecular weight excluding hydrogens is 186 g/mol. The molecule has 0 aromatic heterocycles. The minimum atomic E-state index is -0.474. The van der Waals surface area contributed by atoms with E-state index in [0.29, 0.717) is 6.61 Å². The van der Waals surface area contributed by atoms with Gasteiger partial charge in [-0.25, -0.2) is 0 Å². The minimum Gasteiger partial charge on any atom is -0.490 e. The number of ether oxygens (including phenoxy) is 2. The van der Waals surface area contributed by atoms with Gasteiger partial charge in [-0.15, -0.1) is 0 Å². The summed E-state index contributed by atoms with van der Waals surface area (Å²) >= 11 is 0. The Bertz CT molecular complexity index is 338. The molecule has 5 nitrogen and oxygen atoms in total. The molecule has 1 aromatic carbocycles. The van der Waals surface area contributed by atoms with Gasteiger partial charge in [-0.2, -0.15) is 0 Å². The van der Waals surface area contributed by atoms with E-state index in [9.17, 15) is 10.1 Å². The molecule has 0 radical (unpaired) electrons. The van der Waals surface area contributed by atoms with E-state index in [1.54, 1.807) is 12.1 Å². The lowest BCUT2D eigenvalue weighted by Crippen LogP contribution is -1.96. The highest BCUT2D eigenvalue weighted by Crippen LogP contribution is 2.27. The zero-order chi connectivity index (χ0) is 10.6. The number of nitro benzene ring substituents is 1. The van der Waals surface area contributed by atoms with Crippen molar-refractivity contribution in [2.24, 2.45) is 0 Å². The summed E-state index contributed by atoms with van der Waals surface area (Å²) in [4.78, 5) is 10.1. The standard InChI is InChI=1S/C9H11NO4/c1-13-6-7-3-4-9(14-2)8(5-7)10(11)12/h3-5H,6H2,1-2H3. The Morgan fingerprint density at radius 1 is 1.43 bits per heavy atom. The topological polar surface area (TPSA) is 61.6 Å². The summed E-state index contributed by atoms with van der Waals surface area (Å²) in [5.74, 6) is 0.259. The molecule has 0 aliphatic carbocycles. The highest BCUT2D eigenvalue weighted by Gasteiger charge is 2.14. The number of nitro groups is 1. The van der Waals surface area contributed by atoms with Gasteiger partial charge in [0.1, 0.15) is 0 Å². The molecule has 0 amide bonds. The van der Waals surface area contributed by atoms with Gasteiger partial charge in [0.05, 0.1) is 18.6 Å². The molecule has 0 atom stereocenters. The van der Waals surface area contributed by atoms with Crippen LogP contribution >= 0.6 is 0 Å². The van der Waals surface area contributed by atoms with Crippen LogP contribution in [0.2, 0.25) is 0 Å². The predicted octanol–water partition coefficient (Wildman–Crippen LogP) is 1.75. The van der Waals surface area contributed by atoms with Crippen molar-refractivity contribution in [3.8, 4) is 5.75 Å². The number of methoxy groups -OCH3 is 2. The van der Waals surface area contributed by atoms with Crippen LogP contribution in [-0.4, -0.2) is 19.1 Å². The molecule has 5 heteroatoms. The highest BCUT2D eigenvalue weighted by atomic mass is 16.6. The first-order chi connectivity index (χ1) is 6.69. The van der Waals surface area contributed by atoms with E-state index in [1.807, 2.05) is 0 Å². The van der Waals surface area contributed by atoms with Crippen LogP contribution in [0.25, 0.3) is 0 Å². The molecule has 0 unspecified atom stereocenters. The van der Waals surface area contributed by atoms with Crippen LogP contribution in [-0.2, 0) is 11.3 Å². The summed E-state index contributed by atoms with van der Waals surface area (Å²) in [6.45, 7) is 0.352. The largest absolute Gasteiger partial charge is 0.490 e. The van der Waals surface area contributed by atoms with Crippen molar-refractivity contribution in [3.05, 3.63) is 33.9 Å². The Labute approximate surface area is 81.4 Å². The second kappa shape index (κ2) is 4.57. The molecule has 0 heterocycles. The maximum Gasteiger partial charge on any atom is 0.311 e. The van der Waals surface area contributed by atoms with Crippen molar-refractivity contribution in [1.82, 2.24) is 0 Å². The summed E-state index contributed by atoms with van der Waals surface area (Å²) in [6, 6.07) is 4.74. The van der Waals surface area contributed by atoms with Crippen molar-refractivity contribution in [1.29, 1.82) is 0 Å². The number of benzene rings is 1. The molecule has 76 valence electrons. The van der Waals surface area contributed by atoms with Gasteiger partial charge in [-0.05, 0) is 11.6 Å². The first kappa shape index (κ1) is 10.5. The third-order valence-electron chi connectivity index (χ3n) is 1.75. The van der Waals surface area contributed by atoms with E-state index in [4.69, 9.17) is 9.47 Å². The quantitative estimate of drug-likeness (QED) is 0.545. The zero-order valence-corrected chi connectivity index (χ0v) is 8.02. The van der Waals surface area contributed by atoms with E-state index >= 15 is 0 Å². The second-order valence-electron chi connectivity index (χ2n) is 2.70. The van der Waals surface area contributed by atoms with Crippen LogP contribution in [0.4, 0.5) is 5.69 Å². The minimum absolute atomic E-state index is 0.0398. The van der Waals surface area contributed by atoms with Crippen molar-refractivity contribution in [2.45, 2.75) is 6.61 Å². The normalized spacial score (nSPS) is 9.86. The van der Waals surface area contributed by atoms with Crippen LogP contribution < -0.4 is 4.74 Å². The number of hydrogen-bond acceptors (Lipinski definition) is 4. The molecule has 0 aliphatic rings. The smallest absolute Gasteiger partial charge is 0.311 e. The molecule has 0 spiro atoms. The summed E-state index contributed by atoms with van der Waals surface area (Å²) in [5, 5.41) is 10.6. The summed E-state index contributed by atoms with van der Waals surface area (Å²) in [6.07, 6.45) is 0.